The molecule has 1 fully saturated rings. The highest BCUT2D eigenvalue weighted by molar-refractivity contribution is 5.85. The summed E-state index contributed by atoms with van der Waals surface area (Å²) in [5.74, 6) is 0.807. The molecule has 24 heavy (non-hydrogen) atoms. The Bertz CT molecular complexity index is 445. The zero-order chi connectivity index (χ0) is 15.6. The summed E-state index contributed by atoms with van der Waals surface area (Å²) in [7, 11) is 1.92. The number of likely N-dealkylation sites (tertiary alicyclic amines) is 1. The second-order valence-electron chi connectivity index (χ2n) is 6.20. The van der Waals surface area contributed by atoms with Crippen molar-refractivity contribution >= 4 is 30.7 Å². The van der Waals surface area contributed by atoms with Gasteiger partial charge in [0.15, 0.2) is 0 Å². The standard InChI is InChI=1S/C18H29N3O.2ClH/c1-19-11-5-8-18(22)20-14-17-10-13-21(15-17)12-9-16-6-3-2-4-7-16;;/h2-4,6-7,17,19H,5,8-15H2,1H3,(H,20,22);2*1H. The Morgan fingerprint density at radius 1 is 1.25 bits per heavy atom. The average Bonchev–Trinajstić information content (AvgIpc) is 3.00. The van der Waals surface area contributed by atoms with E-state index in [1.54, 1.807) is 0 Å². The van der Waals surface area contributed by atoms with Crippen LogP contribution in [-0.2, 0) is 11.2 Å². The lowest BCUT2D eigenvalue weighted by Gasteiger charge is -2.16. The van der Waals surface area contributed by atoms with Crippen molar-refractivity contribution in [3.63, 3.8) is 0 Å². The first kappa shape index (κ1) is 23.2. The van der Waals surface area contributed by atoms with Crippen LogP contribution < -0.4 is 10.6 Å². The van der Waals surface area contributed by atoms with E-state index in [-0.39, 0.29) is 30.7 Å². The lowest BCUT2D eigenvalue weighted by atomic mass is 10.1. The van der Waals surface area contributed by atoms with Gasteiger partial charge in [0.05, 0.1) is 0 Å². The smallest absolute Gasteiger partial charge is 0.220 e. The molecular weight excluding hydrogens is 345 g/mol. The van der Waals surface area contributed by atoms with Crippen LogP contribution in [0.2, 0.25) is 0 Å². The third-order valence-corrected chi connectivity index (χ3v) is 4.35. The first-order valence-electron chi connectivity index (χ1n) is 8.45. The molecule has 1 atom stereocenters. The van der Waals surface area contributed by atoms with Gasteiger partial charge in [0.1, 0.15) is 0 Å². The third kappa shape index (κ3) is 8.88. The number of hydrogen-bond acceptors (Lipinski definition) is 3. The molecule has 2 N–H and O–H groups in total. The van der Waals surface area contributed by atoms with Gasteiger partial charge in [-0.25, -0.2) is 0 Å². The number of hydrogen-bond donors (Lipinski definition) is 2. The van der Waals surface area contributed by atoms with Crippen molar-refractivity contribution in [2.24, 2.45) is 5.92 Å². The molecule has 1 aromatic rings. The van der Waals surface area contributed by atoms with E-state index in [0.29, 0.717) is 12.3 Å². The zero-order valence-electron chi connectivity index (χ0n) is 14.5. The average molecular weight is 376 g/mol. The Hall–Kier alpha value is -0.810. The van der Waals surface area contributed by atoms with Crippen LogP contribution in [0.4, 0.5) is 0 Å². The number of benzene rings is 1. The van der Waals surface area contributed by atoms with Gasteiger partial charge in [0.2, 0.25) is 5.91 Å². The first-order valence-corrected chi connectivity index (χ1v) is 8.45. The molecule has 4 nitrogen and oxygen atoms in total. The first-order chi connectivity index (χ1) is 10.8. The van der Waals surface area contributed by atoms with Crippen molar-refractivity contribution in [3.8, 4) is 0 Å². The molecular formula is C18H31Cl2N3O. The summed E-state index contributed by atoms with van der Waals surface area (Å²) >= 11 is 0. The van der Waals surface area contributed by atoms with Crippen LogP contribution in [0.25, 0.3) is 0 Å². The molecule has 1 saturated heterocycles. The molecule has 138 valence electrons. The van der Waals surface area contributed by atoms with Gasteiger partial charge in [-0.3, -0.25) is 4.79 Å². The molecule has 0 radical (unpaired) electrons. The van der Waals surface area contributed by atoms with Crippen molar-refractivity contribution in [3.05, 3.63) is 35.9 Å². The highest BCUT2D eigenvalue weighted by Gasteiger charge is 2.22. The number of rotatable bonds is 9. The maximum Gasteiger partial charge on any atom is 0.220 e. The Labute approximate surface area is 158 Å². The van der Waals surface area contributed by atoms with Crippen LogP contribution in [0.15, 0.2) is 30.3 Å². The van der Waals surface area contributed by atoms with Gasteiger partial charge >= 0.3 is 0 Å². The van der Waals surface area contributed by atoms with Crippen LogP contribution in [0.5, 0.6) is 0 Å². The van der Waals surface area contributed by atoms with Crippen molar-refractivity contribution in [1.29, 1.82) is 0 Å². The van der Waals surface area contributed by atoms with E-state index in [2.05, 4.69) is 45.9 Å². The Kier molecular flexibility index (Phi) is 13.0. The largest absolute Gasteiger partial charge is 0.356 e. The summed E-state index contributed by atoms with van der Waals surface area (Å²) in [6.45, 7) is 5.14. The number of halogens is 2. The summed E-state index contributed by atoms with van der Waals surface area (Å²) in [6.07, 6.45) is 3.86. The highest BCUT2D eigenvalue weighted by Crippen LogP contribution is 2.16. The van der Waals surface area contributed by atoms with Crippen LogP contribution in [0.1, 0.15) is 24.8 Å². The maximum atomic E-state index is 11.7. The fourth-order valence-electron chi connectivity index (χ4n) is 2.99. The molecule has 6 heteroatoms. The van der Waals surface area contributed by atoms with E-state index >= 15 is 0 Å². The summed E-state index contributed by atoms with van der Waals surface area (Å²) in [4.78, 5) is 14.2. The number of amides is 1. The Morgan fingerprint density at radius 3 is 2.71 bits per heavy atom. The summed E-state index contributed by atoms with van der Waals surface area (Å²) in [5.41, 5.74) is 1.41. The Morgan fingerprint density at radius 2 is 2.00 bits per heavy atom. The van der Waals surface area contributed by atoms with E-state index in [1.165, 1.54) is 12.0 Å². The molecule has 1 heterocycles. The second-order valence-corrected chi connectivity index (χ2v) is 6.20. The molecule has 0 aliphatic carbocycles. The summed E-state index contributed by atoms with van der Waals surface area (Å²) in [6, 6.07) is 10.7. The van der Waals surface area contributed by atoms with Crippen LogP contribution in [-0.4, -0.2) is 50.6 Å². The normalized spacial score (nSPS) is 17.0. The molecule has 0 spiro atoms. The van der Waals surface area contributed by atoms with E-state index < -0.39 is 0 Å². The van der Waals surface area contributed by atoms with E-state index in [9.17, 15) is 4.79 Å². The minimum absolute atomic E-state index is 0. The molecule has 0 bridgehead atoms. The van der Waals surface area contributed by atoms with Crippen LogP contribution in [0, 0.1) is 5.92 Å². The lowest BCUT2D eigenvalue weighted by Crippen LogP contribution is -2.31. The molecule has 2 rings (SSSR count). The number of carbonyl (C=O) groups excluding carboxylic acids is 1. The number of nitrogens with zero attached hydrogens (tertiary/aromatic N) is 1. The van der Waals surface area contributed by atoms with E-state index in [1.807, 2.05) is 7.05 Å². The van der Waals surface area contributed by atoms with Gasteiger partial charge in [0, 0.05) is 26.1 Å². The van der Waals surface area contributed by atoms with Crippen molar-refractivity contribution in [2.75, 3.05) is 39.8 Å². The third-order valence-electron chi connectivity index (χ3n) is 4.35. The monoisotopic (exact) mass is 375 g/mol. The fraction of sp³-hybridized carbons (Fsp3) is 0.611. The van der Waals surface area contributed by atoms with Crippen molar-refractivity contribution in [1.82, 2.24) is 15.5 Å². The number of nitrogens with one attached hydrogen (secondary N) is 2. The minimum atomic E-state index is 0. The van der Waals surface area contributed by atoms with Gasteiger partial charge in [-0.05, 0) is 50.9 Å². The molecule has 1 aromatic carbocycles. The summed E-state index contributed by atoms with van der Waals surface area (Å²) < 4.78 is 0. The zero-order valence-corrected chi connectivity index (χ0v) is 16.1. The van der Waals surface area contributed by atoms with Gasteiger partial charge in [-0.1, -0.05) is 30.3 Å². The van der Waals surface area contributed by atoms with Crippen LogP contribution >= 0.6 is 24.8 Å². The topological polar surface area (TPSA) is 44.4 Å². The quantitative estimate of drug-likeness (QED) is 0.651. The van der Waals surface area contributed by atoms with Crippen molar-refractivity contribution in [2.45, 2.75) is 25.7 Å². The van der Waals surface area contributed by atoms with E-state index in [4.69, 9.17) is 0 Å². The van der Waals surface area contributed by atoms with E-state index in [0.717, 1.165) is 45.6 Å². The predicted molar refractivity (Wildman–Crippen MR) is 105 cm³/mol. The molecule has 1 amide bonds. The van der Waals surface area contributed by atoms with Gasteiger partial charge in [-0.2, -0.15) is 0 Å². The Balaban J connectivity index is 0.00000264. The molecule has 1 aliphatic rings. The van der Waals surface area contributed by atoms with Gasteiger partial charge in [0.25, 0.3) is 0 Å². The fourth-order valence-corrected chi connectivity index (χ4v) is 2.99. The minimum Gasteiger partial charge on any atom is -0.356 e. The number of carbonyl (C=O) groups is 1. The van der Waals surface area contributed by atoms with Gasteiger partial charge in [-0.15, -0.1) is 24.8 Å². The predicted octanol–water partition coefficient (Wildman–Crippen LogP) is 2.51. The maximum absolute atomic E-state index is 11.7. The molecule has 0 saturated carbocycles. The van der Waals surface area contributed by atoms with Crippen molar-refractivity contribution < 1.29 is 4.79 Å². The highest BCUT2D eigenvalue weighted by atomic mass is 35.5. The molecule has 1 aliphatic heterocycles. The SMILES string of the molecule is CNCCCC(=O)NCC1CCN(CCc2ccccc2)C1.Cl.Cl. The molecule has 1 unspecified atom stereocenters. The van der Waals surface area contributed by atoms with Gasteiger partial charge < -0.3 is 15.5 Å². The van der Waals surface area contributed by atoms with Crippen LogP contribution in [0.3, 0.4) is 0 Å². The lowest BCUT2D eigenvalue weighted by molar-refractivity contribution is -0.121. The second kappa shape index (κ2) is 13.5. The molecule has 0 aromatic heterocycles. The summed E-state index contributed by atoms with van der Waals surface area (Å²) in [5, 5.41) is 6.15.